The third-order valence-electron chi connectivity index (χ3n) is 3.25. The predicted octanol–water partition coefficient (Wildman–Crippen LogP) is 4.14. The highest BCUT2D eigenvalue weighted by molar-refractivity contribution is 9.10. The molecule has 0 aliphatic carbocycles. The van der Waals surface area contributed by atoms with Crippen LogP contribution in [0.4, 0.5) is 0 Å². The molecule has 0 fully saturated rings. The molecule has 88 valence electrons. The second-order valence-electron chi connectivity index (χ2n) is 4.35. The second kappa shape index (κ2) is 4.57. The number of benzene rings is 1. The number of rotatable bonds is 1. The summed E-state index contributed by atoms with van der Waals surface area (Å²) in [5.74, 6) is 0. The van der Waals surface area contributed by atoms with Gasteiger partial charge in [0, 0.05) is 11.8 Å². The summed E-state index contributed by atoms with van der Waals surface area (Å²) in [5, 5.41) is 0. The Hall–Kier alpha value is -1.22. The maximum absolute atomic E-state index is 4.45. The fourth-order valence-corrected chi connectivity index (χ4v) is 2.38. The Labute approximate surface area is 110 Å². The van der Waals surface area contributed by atoms with Crippen LogP contribution in [0.2, 0.25) is 0 Å². The number of hydrogen-bond donors (Lipinski definition) is 0. The molecule has 0 radical (unpaired) electrons. The van der Waals surface area contributed by atoms with Crippen molar-refractivity contribution < 1.29 is 0 Å². The molecule has 1 aromatic carbocycles. The Morgan fingerprint density at radius 3 is 2.12 bits per heavy atom. The van der Waals surface area contributed by atoms with Crippen LogP contribution in [0.1, 0.15) is 22.3 Å². The van der Waals surface area contributed by atoms with Crippen molar-refractivity contribution in [2.24, 2.45) is 0 Å². The third-order valence-corrected chi connectivity index (χ3v) is 3.63. The van der Waals surface area contributed by atoms with E-state index in [-0.39, 0.29) is 0 Å². The van der Waals surface area contributed by atoms with Gasteiger partial charge in [0.1, 0.15) is 0 Å². The van der Waals surface area contributed by atoms with Gasteiger partial charge in [-0.15, -0.1) is 0 Å². The maximum Gasteiger partial charge on any atom is 0.197 e. The van der Waals surface area contributed by atoms with Crippen LogP contribution in [0, 0.1) is 27.7 Å². The van der Waals surface area contributed by atoms with Crippen LogP contribution in [0.15, 0.2) is 23.1 Å². The fraction of sp³-hybridized carbons (Fsp3) is 0.286. The van der Waals surface area contributed by atoms with E-state index in [1.165, 1.54) is 27.8 Å². The molecule has 2 rings (SSSR count). The molecule has 0 spiro atoms. The van der Waals surface area contributed by atoms with E-state index in [0.717, 1.165) is 5.69 Å². The minimum atomic E-state index is 0.632. The topological polar surface area (TPSA) is 25.8 Å². The largest absolute Gasteiger partial charge is 0.231 e. The van der Waals surface area contributed by atoms with Crippen LogP contribution in [-0.4, -0.2) is 9.97 Å². The molecule has 2 aromatic rings. The lowest BCUT2D eigenvalue weighted by atomic mass is 9.92. The molecule has 0 saturated heterocycles. The minimum absolute atomic E-state index is 0.632. The molecule has 0 unspecified atom stereocenters. The van der Waals surface area contributed by atoms with Gasteiger partial charge in [0.15, 0.2) is 4.73 Å². The van der Waals surface area contributed by atoms with Crippen LogP contribution in [0.5, 0.6) is 0 Å². The highest BCUT2D eigenvalue weighted by Gasteiger charge is 2.11. The summed E-state index contributed by atoms with van der Waals surface area (Å²) >= 11 is 3.32. The van der Waals surface area contributed by atoms with E-state index >= 15 is 0 Å². The molecule has 1 heterocycles. The first kappa shape index (κ1) is 12.2. The van der Waals surface area contributed by atoms with E-state index in [9.17, 15) is 0 Å². The van der Waals surface area contributed by atoms with Gasteiger partial charge in [-0.1, -0.05) is 6.07 Å². The van der Waals surface area contributed by atoms with Gasteiger partial charge in [0.2, 0.25) is 0 Å². The van der Waals surface area contributed by atoms with E-state index in [2.05, 4.69) is 59.7 Å². The lowest BCUT2D eigenvalue weighted by Crippen LogP contribution is -1.97. The summed E-state index contributed by atoms with van der Waals surface area (Å²) in [4.78, 5) is 8.53. The summed E-state index contributed by atoms with van der Waals surface area (Å²) in [6, 6.07) is 4.18. The summed E-state index contributed by atoms with van der Waals surface area (Å²) in [6.07, 6.45) is 1.78. The summed E-state index contributed by atoms with van der Waals surface area (Å²) in [6.45, 7) is 8.57. The average molecular weight is 291 g/mol. The number of aryl methyl sites for hydroxylation is 2. The normalized spacial score (nSPS) is 10.6. The number of halogens is 1. The molecular formula is C14H15BrN2. The minimum Gasteiger partial charge on any atom is -0.231 e. The molecule has 0 N–H and O–H groups in total. The van der Waals surface area contributed by atoms with E-state index in [4.69, 9.17) is 0 Å². The van der Waals surface area contributed by atoms with E-state index in [1.54, 1.807) is 6.20 Å². The first-order valence-electron chi connectivity index (χ1n) is 5.57. The average Bonchev–Trinajstić information content (AvgIpc) is 2.27. The predicted molar refractivity (Wildman–Crippen MR) is 74.1 cm³/mol. The molecule has 0 atom stereocenters. The molecule has 3 heteroatoms. The van der Waals surface area contributed by atoms with Gasteiger partial charge >= 0.3 is 0 Å². The van der Waals surface area contributed by atoms with Gasteiger partial charge in [-0.3, -0.25) is 0 Å². The molecule has 0 amide bonds. The van der Waals surface area contributed by atoms with Gasteiger partial charge in [-0.05, 0) is 71.9 Å². The van der Waals surface area contributed by atoms with Gasteiger partial charge in [0.05, 0.1) is 5.69 Å². The molecule has 0 bridgehead atoms. The molecule has 0 saturated carbocycles. The molecule has 0 aliphatic rings. The third kappa shape index (κ3) is 2.25. The van der Waals surface area contributed by atoms with Crippen LogP contribution in [0.25, 0.3) is 11.3 Å². The van der Waals surface area contributed by atoms with E-state index in [0.29, 0.717) is 4.73 Å². The van der Waals surface area contributed by atoms with Crippen LogP contribution in [0.3, 0.4) is 0 Å². The zero-order chi connectivity index (χ0) is 12.6. The molecule has 0 aliphatic heterocycles. The quantitative estimate of drug-likeness (QED) is 0.738. The highest BCUT2D eigenvalue weighted by atomic mass is 79.9. The Morgan fingerprint density at radius 2 is 1.59 bits per heavy atom. The first-order valence-corrected chi connectivity index (χ1v) is 6.36. The first-order chi connectivity index (χ1) is 8.00. The fourth-order valence-electron chi connectivity index (χ4n) is 2.08. The van der Waals surface area contributed by atoms with E-state index in [1.807, 2.05) is 6.07 Å². The Kier molecular flexibility index (Phi) is 3.29. The Morgan fingerprint density at radius 1 is 1.00 bits per heavy atom. The van der Waals surface area contributed by atoms with Crippen molar-refractivity contribution in [1.29, 1.82) is 0 Å². The second-order valence-corrected chi connectivity index (χ2v) is 5.06. The van der Waals surface area contributed by atoms with Gasteiger partial charge in [-0.2, -0.15) is 0 Å². The molecule has 1 aromatic heterocycles. The standard InChI is InChI=1S/C14H15BrN2/c1-8-7-9(2)11(4)13(10(8)3)12-5-6-16-14(15)17-12/h5-7H,1-4H3. The van der Waals surface area contributed by atoms with Crippen molar-refractivity contribution in [3.63, 3.8) is 0 Å². The van der Waals surface area contributed by atoms with Crippen molar-refractivity contribution >= 4 is 15.9 Å². The molecule has 2 nitrogen and oxygen atoms in total. The zero-order valence-corrected chi connectivity index (χ0v) is 12.1. The Balaban J connectivity index is 2.75. The highest BCUT2D eigenvalue weighted by Crippen LogP contribution is 2.30. The van der Waals surface area contributed by atoms with Crippen LogP contribution < -0.4 is 0 Å². The van der Waals surface area contributed by atoms with Gasteiger partial charge in [0.25, 0.3) is 0 Å². The van der Waals surface area contributed by atoms with Crippen molar-refractivity contribution in [3.05, 3.63) is 45.3 Å². The van der Waals surface area contributed by atoms with Crippen LogP contribution in [-0.2, 0) is 0 Å². The summed E-state index contributed by atoms with van der Waals surface area (Å²) in [5.41, 5.74) is 7.40. The SMILES string of the molecule is Cc1cc(C)c(C)c(-c2ccnc(Br)n2)c1C. The Bertz CT molecular complexity index is 550. The summed E-state index contributed by atoms with van der Waals surface area (Å²) < 4.78 is 0.632. The van der Waals surface area contributed by atoms with Crippen molar-refractivity contribution in [3.8, 4) is 11.3 Å². The lowest BCUT2D eigenvalue weighted by molar-refractivity contribution is 1.10. The maximum atomic E-state index is 4.45. The number of hydrogen-bond acceptors (Lipinski definition) is 2. The lowest BCUT2D eigenvalue weighted by Gasteiger charge is -2.14. The van der Waals surface area contributed by atoms with Gasteiger partial charge < -0.3 is 0 Å². The number of nitrogens with zero attached hydrogens (tertiary/aromatic N) is 2. The number of aromatic nitrogens is 2. The van der Waals surface area contributed by atoms with Gasteiger partial charge in [-0.25, -0.2) is 9.97 Å². The molecule has 17 heavy (non-hydrogen) atoms. The van der Waals surface area contributed by atoms with E-state index < -0.39 is 0 Å². The van der Waals surface area contributed by atoms with Crippen LogP contribution >= 0.6 is 15.9 Å². The van der Waals surface area contributed by atoms with Crippen molar-refractivity contribution in [2.75, 3.05) is 0 Å². The smallest absolute Gasteiger partial charge is 0.197 e. The zero-order valence-electron chi connectivity index (χ0n) is 10.5. The monoisotopic (exact) mass is 290 g/mol. The van der Waals surface area contributed by atoms with Crippen molar-refractivity contribution in [1.82, 2.24) is 9.97 Å². The van der Waals surface area contributed by atoms with Crippen molar-refractivity contribution in [2.45, 2.75) is 27.7 Å². The molecular weight excluding hydrogens is 276 g/mol. The summed E-state index contributed by atoms with van der Waals surface area (Å²) in [7, 11) is 0.